The maximum absolute atomic E-state index is 11.9. The molecular weight excluding hydrogens is 302 g/mol. The van der Waals surface area contributed by atoms with E-state index < -0.39 is 5.97 Å². The summed E-state index contributed by atoms with van der Waals surface area (Å²) in [5.41, 5.74) is 6.30. The first-order valence-electron chi connectivity index (χ1n) is 5.43. The number of nitrogens with two attached hydrogens (primary N) is 1. The molecule has 0 amide bonds. The van der Waals surface area contributed by atoms with Crippen molar-refractivity contribution in [3.63, 3.8) is 0 Å². The Morgan fingerprint density at radius 1 is 1.39 bits per heavy atom. The lowest BCUT2D eigenvalue weighted by Gasteiger charge is -2.15. The van der Waals surface area contributed by atoms with Crippen LogP contribution in [-0.2, 0) is 4.74 Å². The van der Waals surface area contributed by atoms with Gasteiger partial charge in [-0.2, -0.15) is 0 Å². The highest BCUT2D eigenvalue weighted by Crippen LogP contribution is 2.40. The second kappa shape index (κ2) is 6.49. The Labute approximate surface area is 114 Å². The van der Waals surface area contributed by atoms with E-state index in [0.29, 0.717) is 22.6 Å². The Hall–Kier alpha value is -1.43. The summed E-state index contributed by atoms with van der Waals surface area (Å²) >= 11 is 3.31. The molecule has 0 aliphatic heterocycles. The average Bonchev–Trinajstić information content (AvgIpc) is 2.37. The molecule has 0 aliphatic carbocycles. The van der Waals surface area contributed by atoms with E-state index in [9.17, 15) is 4.79 Å². The molecule has 0 saturated carbocycles. The van der Waals surface area contributed by atoms with Gasteiger partial charge < -0.3 is 19.9 Å². The topological polar surface area (TPSA) is 70.8 Å². The van der Waals surface area contributed by atoms with Gasteiger partial charge in [-0.15, -0.1) is 0 Å². The van der Waals surface area contributed by atoms with E-state index in [4.69, 9.17) is 19.9 Å². The maximum atomic E-state index is 11.9. The highest BCUT2D eigenvalue weighted by atomic mass is 79.9. The lowest BCUT2D eigenvalue weighted by Crippen LogP contribution is -2.11. The summed E-state index contributed by atoms with van der Waals surface area (Å²) in [5, 5.41) is 0. The molecule has 18 heavy (non-hydrogen) atoms. The molecule has 1 aromatic rings. The minimum absolute atomic E-state index is 0.207. The number of halogens is 1. The number of carbonyl (C=O) groups excluding carboxylic acids is 1. The van der Waals surface area contributed by atoms with Crippen LogP contribution in [-0.4, -0.2) is 26.8 Å². The summed E-state index contributed by atoms with van der Waals surface area (Å²) in [5.74, 6) is 0.305. The van der Waals surface area contributed by atoms with Crippen molar-refractivity contribution in [1.82, 2.24) is 0 Å². The smallest absolute Gasteiger partial charge is 0.344 e. The van der Waals surface area contributed by atoms with Gasteiger partial charge in [0.15, 0.2) is 5.75 Å². The van der Waals surface area contributed by atoms with E-state index in [2.05, 4.69) is 15.9 Å². The number of methoxy groups -OCH3 is 2. The minimum Gasteiger partial charge on any atom is -0.495 e. The van der Waals surface area contributed by atoms with Gasteiger partial charge in [0.2, 0.25) is 0 Å². The van der Waals surface area contributed by atoms with Crippen LogP contribution in [0, 0.1) is 0 Å². The van der Waals surface area contributed by atoms with Gasteiger partial charge in [0.1, 0.15) is 15.8 Å². The number of carbonyl (C=O) groups is 1. The minimum atomic E-state index is -0.505. The third-order valence-electron chi connectivity index (χ3n) is 2.28. The first kappa shape index (κ1) is 14.6. The van der Waals surface area contributed by atoms with Crippen LogP contribution in [0.4, 0.5) is 5.69 Å². The lowest BCUT2D eigenvalue weighted by molar-refractivity contribution is 0.0502. The van der Waals surface area contributed by atoms with Crippen LogP contribution in [0.25, 0.3) is 0 Å². The zero-order valence-electron chi connectivity index (χ0n) is 10.6. The van der Waals surface area contributed by atoms with Crippen LogP contribution in [0.2, 0.25) is 0 Å². The number of hydrogen-bond donors (Lipinski definition) is 1. The Morgan fingerprint density at radius 2 is 2.06 bits per heavy atom. The molecule has 1 rings (SSSR count). The quantitative estimate of drug-likeness (QED) is 0.667. The fourth-order valence-electron chi connectivity index (χ4n) is 1.45. The van der Waals surface area contributed by atoms with Crippen LogP contribution in [0.5, 0.6) is 11.5 Å². The summed E-state index contributed by atoms with van der Waals surface area (Å²) in [6, 6.07) is 1.55. The monoisotopic (exact) mass is 317 g/mol. The third kappa shape index (κ3) is 2.87. The summed E-state index contributed by atoms with van der Waals surface area (Å²) < 4.78 is 15.9. The number of nitrogen functional groups attached to an aromatic ring is 1. The van der Waals surface area contributed by atoms with E-state index in [1.54, 1.807) is 6.07 Å². The van der Waals surface area contributed by atoms with Gasteiger partial charge >= 0.3 is 5.97 Å². The Bertz CT molecular complexity index is 448. The molecule has 0 radical (unpaired) electrons. The maximum Gasteiger partial charge on any atom is 0.344 e. The molecule has 5 nitrogen and oxygen atoms in total. The van der Waals surface area contributed by atoms with Gasteiger partial charge in [0.25, 0.3) is 0 Å². The molecule has 0 aliphatic rings. The molecule has 2 N–H and O–H groups in total. The van der Waals surface area contributed by atoms with Gasteiger partial charge in [-0.3, -0.25) is 0 Å². The van der Waals surface area contributed by atoms with Crippen molar-refractivity contribution in [2.45, 2.75) is 13.3 Å². The SMILES string of the molecule is CCCOC(=O)c1c(N)cc(OC)c(Br)c1OC. The zero-order valence-corrected chi connectivity index (χ0v) is 12.2. The van der Waals surface area contributed by atoms with E-state index in [0.717, 1.165) is 6.42 Å². The second-order valence-electron chi connectivity index (χ2n) is 3.53. The van der Waals surface area contributed by atoms with E-state index in [-0.39, 0.29) is 11.3 Å². The van der Waals surface area contributed by atoms with Gasteiger partial charge in [-0.1, -0.05) is 6.92 Å². The van der Waals surface area contributed by atoms with Gasteiger partial charge in [-0.05, 0) is 22.4 Å². The summed E-state index contributed by atoms with van der Waals surface area (Å²) in [4.78, 5) is 11.9. The number of ether oxygens (including phenoxy) is 3. The molecule has 0 bridgehead atoms. The molecule has 0 unspecified atom stereocenters. The molecule has 1 aromatic carbocycles. The van der Waals surface area contributed by atoms with Crippen LogP contribution in [0.15, 0.2) is 10.5 Å². The van der Waals surface area contributed by atoms with Crippen molar-refractivity contribution in [3.8, 4) is 11.5 Å². The second-order valence-corrected chi connectivity index (χ2v) is 4.32. The van der Waals surface area contributed by atoms with Crippen LogP contribution in [0.3, 0.4) is 0 Å². The fraction of sp³-hybridized carbons (Fsp3) is 0.417. The Kier molecular flexibility index (Phi) is 5.27. The molecule has 0 spiro atoms. The van der Waals surface area contributed by atoms with Crippen molar-refractivity contribution < 1.29 is 19.0 Å². The van der Waals surface area contributed by atoms with Gasteiger partial charge in [-0.25, -0.2) is 4.79 Å². The Balaban J connectivity index is 3.26. The molecule has 0 atom stereocenters. The van der Waals surface area contributed by atoms with Gasteiger partial charge in [0.05, 0.1) is 26.5 Å². The van der Waals surface area contributed by atoms with Crippen LogP contribution < -0.4 is 15.2 Å². The predicted molar refractivity (Wildman–Crippen MR) is 72.2 cm³/mol. The molecule has 0 aromatic heterocycles. The number of hydrogen-bond acceptors (Lipinski definition) is 5. The fourth-order valence-corrected chi connectivity index (χ4v) is 2.08. The standard InChI is InChI=1S/C12H16BrNO4/c1-4-5-18-12(15)9-7(14)6-8(16-2)10(13)11(9)17-3/h6H,4-5,14H2,1-3H3. The molecule has 100 valence electrons. The van der Waals surface area contributed by atoms with Crippen molar-refractivity contribution in [2.24, 2.45) is 0 Å². The van der Waals surface area contributed by atoms with Crippen LogP contribution >= 0.6 is 15.9 Å². The number of esters is 1. The van der Waals surface area contributed by atoms with Crippen molar-refractivity contribution in [3.05, 3.63) is 16.1 Å². The number of anilines is 1. The largest absolute Gasteiger partial charge is 0.495 e. The van der Waals surface area contributed by atoms with Gasteiger partial charge in [0, 0.05) is 6.07 Å². The first-order valence-corrected chi connectivity index (χ1v) is 6.23. The summed E-state index contributed by atoms with van der Waals surface area (Å²) in [6.07, 6.45) is 0.741. The highest BCUT2D eigenvalue weighted by Gasteiger charge is 2.23. The lowest BCUT2D eigenvalue weighted by atomic mass is 10.1. The van der Waals surface area contributed by atoms with E-state index in [1.807, 2.05) is 6.92 Å². The molecular formula is C12H16BrNO4. The Morgan fingerprint density at radius 3 is 2.56 bits per heavy atom. The van der Waals surface area contributed by atoms with Crippen molar-refractivity contribution in [1.29, 1.82) is 0 Å². The zero-order chi connectivity index (χ0) is 13.7. The average molecular weight is 318 g/mol. The highest BCUT2D eigenvalue weighted by molar-refractivity contribution is 9.10. The number of rotatable bonds is 5. The molecule has 0 fully saturated rings. The van der Waals surface area contributed by atoms with Crippen molar-refractivity contribution in [2.75, 3.05) is 26.6 Å². The van der Waals surface area contributed by atoms with E-state index in [1.165, 1.54) is 14.2 Å². The summed E-state index contributed by atoms with van der Waals surface area (Å²) in [7, 11) is 2.96. The predicted octanol–water partition coefficient (Wildman–Crippen LogP) is 2.62. The molecule has 0 saturated heterocycles. The summed E-state index contributed by atoms with van der Waals surface area (Å²) in [6.45, 7) is 2.25. The third-order valence-corrected chi connectivity index (χ3v) is 3.03. The first-order chi connectivity index (χ1) is 8.56. The van der Waals surface area contributed by atoms with E-state index >= 15 is 0 Å². The molecule has 6 heteroatoms. The van der Waals surface area contributed by atoms with Crippen LogP contribution in [0.1, 0.15) is 23.7 Å². The van der Waals surface area contributed by atoms with Crippen molar-refractivity contribution >= 4 is 27.6 Å². The number of benzene rings is 1. The normalized spacial score (nSPS) is 10.0. The molecule has 0 heterocycles.